The van der Waals surface area contributed by atoms with Crippen molar-refractivity contribution in [3.05, 3.63) is 24.3 Å². The molecule has 0 N–H and O–H groups in total. The maximum Gasteiger partial charge on any atom is 0.118 e. The van der Waals surface area contributed by atoms with Crippen LogP contribution in [0, 0.1) is 0 Å². The predicted octanol–water partition coefficient (Wildman–Crippen LogP) is 5.45. The van der Waals surface area contributed by atoms with Gasteiger partial charge in [0.15, 0.2) is 0 Å². The van der Waals surface area contributed by atoms with E-state index in [-0.39, 0.29) is 0 Å². The number of thioether (sulfide) groups is 1. The lowest BCUT2D eigenvalue weighted by Gasteiger charge is -2.04. The van der Waals surface area contributed by atoms with E-state index in [4.69, 9.17) is 4.74 Å². The molecule has 0 heterocycles. The molecule has 0 atom stereocenters. The minimum atomic E-state index is 0.936. The summed E-state index contributed by atoms with van der Waals surface area (Å²) < 4.78 is 5.15. The van der Waals surface area contributed by atoms with Crippen LogP contribution in [0.4, 0.5) is 0 Å². The fraction of sp³-hybridized carbons (Fsp3) is 0.625. The van der Waals surface area contributed by atoms with Crippen LogP contribution < -0.4 is 4.74 Å². The summed E-state index contributed by atoms with van der Waals surface area (Å²) in [5, 5.41) is 0. The molecule has 1 nitrogen and oxygen atoms in total. The molecule has 19 heavy (non-hydrogen) atoms. The van der Waals surface area contributed by atoms with Crippen molar-refractivity contribution in [2.45, 2.75) is 49.8 Å². The average Bonchev–Trinajstić information content (AvgIpc) is 2.46. The molecule has 1 rings (SSSR count). The molecule has 0 aliphatic rings. The maximum atomic E-state index is 5.15. The Labute approximate surface area is 127 Å². The van der Waals surface area contributed by atoms with Crippen molar-refractivity contribution in [2.75, 3.05) is 18.6 Å². The second kappa shape index (κ2) is 11.5. The average molecular weight is 299 g/mol. The standard InChI is InChI=1S/C16H26OS2/c1-17-15-9-11-16(12-10-15)19-14-8-6-4-2-3-5-7-13-18/h9-12,18H,2-8,13-14H2,1H3. The van der Waals surface area contributed by atoms with Crippen LogP contribution >= 0.6 is 24.4 Å². The molecule has 1 aromatic carbocycles. The van der Waals surface area contributed by atoms with E-state index in [1.807, 2.05) is 23.9 Å². The van der Waals surface area contributed by atoms with E-state index in [2.05, 4.69) is 24.8 Å². The van der Waals surface area contributed by atoms with E-state index >= 15 is 0 Å². The van der Waals surface area contributed by atoms with E-state index in [0.717, 1.165) is 11.5 Å². The second-order valence-corrected chi connectivity index (χ2v) is 6.34. The van der Waals surface area contributed by atoms with E-state index in [9.17, 15) is 0 Å². The van der Waals surface area contributed by atoms with Gasteiger partial charge in [0, 0.05) is 4.90 Å². The predicted molar refractivity (Wildman–Crippen MR) is 89.9 cm³/mol. The fourth-order valence-corrected chi connectivity index (χ4v) is 3.10. The molecule has 0 amide bonds. The summed E-state index contributed by atoms with van der Waals surface area (Å²) in [5.41, 5.74) is 0. The van der Waals surface area contributed by atoms with Crippen LogP contribution in [0.15, 0.2) is 29.2 Å². The first-order valence-corrected chi connectivity index (χ1v) is 8.86. The molecule has 0 aliphatic heterocycles. The number of ether oxygens (including phenoxy) is 1. The summed E-state index contributed by atoms with van der Waals surface area (Å²) in [6.45, 7) is 0. The molecule has 0 aliphatic carbocycles. The maximum absolute atomic E-state index is 5.15. The Kier molecular flexibility index (Phi) is 10.2. The molecule has 0 radical (unpaired) electrons. The smallest absolute Gasteiger partial charge is 0.118 e. The van der Waals surface area contributed by atoms with Gasteiger partial charge < -0.3 is 4.74 Å². The van der Waals surface area contributed by atoms with Gasteiger partial charge in [-0.05, 0) is 48.6 Å². The van der Waals surface area contributed by atoms with E-state index in [1.54, 1.807) is 7.11 Å². The van der Waals surface area contributed by atoms with Crippen molar-refractivity contribution in [3.63, 3.8) is 0 Å². The lowest BCUT2D eigenvalue weighted by molar-refractivity contribution is 0.414. The summed E-state index contributed by atoms with van der Waals surface area (Å²) >= 11 is 6.17. The molecule has 0 fully saturated rings. The number of methoxy groups -OCH3 is 1. The van der Waals surface area contributed by atoms with Gasteiger partial charge in [0.2, 0.25) is 0 Å². The van der Waals surface area contributed by atoms with Crippen LogP contribution in [0.5, 0.6) is 5.75 Å². The molecule has 0 saturated carbocycles. The first-order chi connectivity index (χ1) is 9.36. The van der Waals surface area contributed by atoms with Gasteiger partial charge in [0.25, 0.3) is 0 Å². The van der Waals surface area contributed by atoms with E-state index in [0.29, 0.717) is 0 Å². The minimum Gasteiger partial charge on any atom is -0.497 e. The normalized spacial score (nSPS) is 10.6. The third kappa shape index (κ3) is 8.48. The van der Waals surface area contributed by atoms with Crippen LogP contribution in [0.1, 0.15) is 44.9 Å². The van der Waals surface area contributed by atoms with Crippen LogP contribution in [0.3, 0.4) is 0 Å². The highest BCUT2D eigenvalue weighted by Crippen LogP contribution is 2.22. The third-order valence-electron chi connectivity index (χ3n) is 3.13. The largest absolute Gasteiger partial charge is 0.497 e. The van der Waals surface area contributed by atoms with Gasteiger partial charge in [0.1, 0.15) is 5.75 Å². The zero-order valence-corrected chi connectivity index (χ0v) is 13.6. The Balaban J connectivity index is 1.95. The van der Waals surface area contributed by atoms with Crippen molar-refractivity contribution >= 4 is 24.4 Å². The molecular weight excluding hydrogens is 272 g/mol. The van der Waals surface area contributed by atoms with E-state index in [1.165, 1.54) is 55.6 Å². The first-order valence-electron chi connectivity index (χ1n) is 7.24. The summed E-state index contributed by atoms with van der Waals surface area (Å²) in [7, 11) is 1.71. The van der Waals surface area contributed by atoms with Crippen molar-refractivity contribution in [1.82, 2.24) is 0 Å². The van der Waals surface area contributed by atoms with Gasteiger partial charge in [-0.2, -0.15) is 12.6 Å². The lowest BCUT2D eigenvalue weighted by atomic mass is 10.1. The van der Waals surface area contributed by atoms with Crippen LogP contribution in [0.2, 0.25) is 0 Å². The van der Waals surface area contributed by atoms with Crippen molar-refractivity contribution in [1.29, 1.82) is 0 Å². The number of hydrogen-bond acceptors (Lipinski definition) is 3. The minimum absolute atomic E-state index is 0.936. The fourth-order valence-electron chi connectivity index (χ4n) is 1.96. The summed E-state index contributed by atoms with van der Waals surface area (Å²) in [4.78, 5) is 1.34. The molecule has 3 heteroatoms. The summed E-state index contributed by atoms with van der Waals surface area (Å²) in [6, 6.07) is 8.34. The monoisotopic (exact) mass is 298 g/mol. The van der Waals surface area contributed by atoms with Gasteiger partial charge in [-0.3, -0.25) is 0 Å². The first kappa shape index (κ1) is 16.8. The molecule has 0 bridgehead atoms. The molecule has 108 valence electrons. The van der Waals surface area contributed by atoms with Crippen molar-refractivity contribution < 1.29 is 4.74 Å². The van der Waals surface area contributed by atoms with Gasteiger partial charge in [-0.1, -0.05) is 32.1 Å². The van der Waals surface area contributed by atoms with E-state index < -0.39 is 0 Å². The molecule has 0 spiro atoms. The zero-order chi connectivity index (χ0) is 13.8. The second-order valence-electron chi connectivity index (χ2n) is 4.72. The van der Waals surface area contributed by atoms with Crippen LogP contribution in [-0.4, -0.2) is 18.6 Å². The molecular formula is C16H26OS2. The third-order valence-corrected chi connectivity index (χ3v) is 4.55. The quantitative estimate of drug-likeness (QED) is 0.330. The molecule has 1 aromatic rings. The number of benzene rings is 1. The zero-order valence-electron chi connectivity index (χ0n) is 11.9. The summed E-state index contributed by atoms with van der Waals surface area (Å²) in [5.74, 6) is 3.20. The van der Waals surface area contributed by atoms with Crippen LogP contribution in [0.25, 0.3) is 0 Å². The topological polar surface area (TPSA) is 9.23 Å². The van der Waals surface area contributed by atoms with Crippen LogP contribution in [-0.2, 0) is 0 Å². The Morgan fingerprint density at radius 2 is 1.47 bits per heavy atom. The highest BCUT2D eigenvalue weighted by molar-refractivity contribution is 7.99. The molecule has 0 aromatic heterocycles. The lowest BCUT2D eigenvalue weighted by Crippen LogP contribution is -1.85. The van der Waals surface area contributed by atoms with Gasteiger partial charge >= 0.3 is 0 Å². The number of thiol groups is 1. The Hall–Kier alpha value is -0.280. The van der Waals surface area contributed by atoms with Crippen molar-refractivity contribution in [3.8, 4) is 5.75 Å². The highest BCUT2D eigenvalue weighted by atomic mass is 32.2. The van der Waals surface area contributed by atoms with Crippen molar-refractivity contribution in [2.24, 2.45) is 0 Å². The molecule has 0 unspecified atom stereocenters. The Bertz CT molecular complexity index is 311. The number of rotatable bonds is 11. The number of unbranched alkanes of at least 4 members (excludes halogenated alkanes) is 6. The van der Waals surface area contributed by atoms with Gasteiger partial charge in [-0.15, -0.1) is 11.8 Å². The summed E-state index contributed by atoms with van der Waals surface area (Å²) in [6.07, 6.45) is 9.47. The molecule has 0 saturated heterocycles. The van der Waals surface area contributed by atoms with Gasteiger partial charge in [-0.25, -0.2) is 0 Å². The highest BCUT2D eigenvalue weighted by Gasteiger charge is 1.96. The Morgan fingerprint density at radius 3 is 2.05 bits per heavy atom. The SMILES string of the molecule is COc1ccc(SCCCCCCCCCS)cc1. The van der Waals surface area contributed by atoms with Gasteiger partial charge in [0.05, 0.1) is 7.11 Å². The Morgan fingerprint density at radius 1 is 0.895 bits per heavy atom. The number of hydrogen-bond donors (Lipinski definition) is 1.